The second kappa shape index (κ2) is 6.88. The lowest BCUT2D eigenvalue weighted by molar-refractivity contribution is -0.153. The lowest BCUT2D eigenvalue weighted by atomic mass is 9.84. The van der Waals surface area contributed by atoms with Gasteiger partial charge in [0.1, 0.15) is 29.3 Å². The number of ether oxygens (including phenoxy) is 2. The monoisotopic (exact) mass is 447 g/mol. The molecule has 6 nitrogen and oxygen atoms in total. The zero-order valence-electron chi connectivity index (χ0n) is 16.2. The third-order valence-electron chi connectivity index (χ3n) is 5.37. The van der Waals surface area contributed by atoms with Crippen molar-refractivity contribution in [1.29, 1.82) is 0 Å². The average Bonchev–Trinajstić information content (AvgIpc) is 3.37. The van der Waals surface area contributed by atoms with Crippen LogP contribution in [-0.2, 0) is 18.3 Å². The number of fused-ring (bicyclic) bond motifs is 4. The third-order valence-corrected chi connectivity index (χ3v) is 5.69. The summed E-state index contributed by atoms with van der Waals surface area (Å²) in [6, 6.07) is 13.2. The van der Waals surface area contributed by atoms with Crippen LogP contribution in [0.2, 0.25) is 0 Å². The predicted octanol–water partition coefficient (Wildman–Crippen LogP) is 4.23. The minimum atomic E-state index is -4.55. The summed E-state index contributed by atoms with van der Waals surface area (Å²) < 4.78 is 54.9. The summed E-state index contributed by atoms with van der Waals surface area (Å²) >= 11 is 5.62. The number of thiocarbonyl (C=S) groups is 1. The van der Waals surface area contributed by atoms with Crippen LogP contribution < -0.4 is 19.7 Å². The molecular formula is C21H16F3N3O3S. The summed E-state index contributed by atoms with van der Waals surface area (Å²) in [5, 5.41) is 3.64. The summed E-state index contributed by atoms with van der Waals surface area (Å²) in [4.78, 5) is 6.29. The van der Waals surface area contributed by atoms with Gasteiger partial charge in [0.2, 0.25) is 11.6 Å². The SMILES string of the molecule is COc1ccc2c(n1)C1(CO2)NC(=S)N(Cc2ccc(C(F)(F)F)o2)c2ccccc21. The number of aromatic nitrogens is 1. The maximum absolute atomic E-state index is 12.9. The van der Waals surface area contributed by atoms with Crippen LogP contribution in [0.4, 0.5) is 18.9 Å². The molecule has 3 aromatic rings. The van der Waals surface area contributed by atoms with E-state index in [0.29, 0.717) is 22.4 Å². The van der Waals surface area contributed by atoms with Crippen LogP contribution in [0.25, 0.3) is 0 Å². The number of para-hydroxylation sites is 1. The number of halogens is 3. The molecule has 0 amide bonds. The number of alkyl halides is 3. The Morgan fingerprint density at radius 3 is 2.74 bits per heavy atom. The summed E-state index contributed by atoms with van der Waals surface area (Å²) in [5.74, 6) is 0.148. The predicted molar refractivity (Wildman–Crippen MR) is 109 cm³/mol. The van der Waals surface area contributed by atoms with Gasteiger partial charge in [-0.3, -0.25) is 0 Å². The van der Waals surface area contributed by atoms with Gasteiger partial charge in [-0.15, -0.1) is 0 Å². The molecule has 5 rings (SSSR count). The maximum atomic E-state index is 12.9. The largest absolute Gasteiger partial charge is 0.488 e. The fourth-order valence-corrected chi connectivity index (χ4v) is 4.28. The lowest BCUT2D eigenvalue weighted by Crippen LogP contribution is -2.57. The van der Waals surface area contributed by atoms with E-state index >= 15 is 0 Å². The Bertz CT molecular complexity index is 1180. The smallest absolute Gasteiger partial charge is 0.449 e. The van der Waals surface area contributed by atoms with Crippen LogP contribution in [0.15, 0.2) is 52.9 Å². The summed E-state index contributed by atoms with van der Waals surface area (Å²) in [5.41, 5.74) is 1.37. The van der Waals surface area contributed by atoms with E-state index in [9.17, 15) is 13.2 Å². The molecule has 1 spiro atoms. The highest BCUT2D eigenvalue weighted by Crippen LogP contribution is 2.47. The van der Waals surface area contributed by atoms with Crippen LogP contribution in [0.1, 0.15) is 22.8 Å². The second-order valence-corrected chi connectivity index (χ2v) is 7.58. The van der Waals surface area contributed by atoms with E-state index in [1.54, 1.807) is 17.0 Å². The van der Waals surface area contributed by atoms with Crippen molar-refractivity contribution >= 4 is 23.0 Å². The number of benzene rings is 1. The number of hydrogen-bond acceptors (Lipinski definition) is 5. The first-order valence-corrected chi connectivity index (χ1v) is 9.76. The number of pyridine rings is 1. The van der Waals surface area contributed by atoms with Gasteiger partial charge in [-0.1, -0.05) is 18.2 Å². The Morgan fingerprint density at radius 1 is 1.19 bits per heavy atom. The first kappa shape index (κ1) is 19.7. The van der Waals surface area contributed by atoms with Gasteiger partial charge in [-0.05, 0) is 36.5 Å². The van der Waals surface area contributed by atoms with Gasteiger partial charge < -0.3 is 24.1 Å². The number of methoxy groups -OCH3 is 1. The van der Waals surface area contributed by atoms with E-state index in [0.717, 1.165) is 17.3 Å². The molecule has 1 atom stereocenters. The molecule has 4 heterocycles. The molecule has 2 aliphatic rings. The lowest BCUT2D eigenvalue weighted by Gasteiger charge is -2.42. The van der Waals surface area contributed by atoms with Gasteiger partial charge in [0.05, 0.1) is 13.7 Å². The Morgan fingerprint density at radius 2 is 2.00 bits per heavy atom. The standard InChI is InChI=1S/C21H16F3N3O3S/c1-28-17-9-7-15-18(25-17)20(11-29-15)13-4-2-3-5-14(13)27(19(31)26-20)10-12-6-8-16(30-12)21(22,23)24/h2-9H,10-11H2,1H3,(H,26,31). The Hall–Kier alpha value is -3.27. The first-order valence-electron chi connectivity index (χ1n) is 9.35. The minimum absolute atomic E-state index is 0.0360. The van der Waals surface area contributed by atoms with Gasteiger partial charge in [-0.2, -0.15) is 13.2 Å². The quantitative estimate of drug-likeness (QED) is 0.603. The van der Waals surface area contributed by atoms with E-state index in [4.69, 9.17) is 26.1 Å². The minimum Gasteiger partial charge on any atom is -0.488 e. The Kier molecular flexibility index (Phi) is 4.37. The number of nitrogens with one attached hydrogen (secondary N) is 1. The molecule has 1 N–H and O–H groups in total. The highest BCUT2D eigenvalue weighted by atomic mass is 32.1. The van der Waals surface area contributed by atoms with Gasteiger partial charge in [0.15, 0.2) is 5.11 Å². The fourth-order valence-electron chi connectivity index (χ4n) is 3.94. The molecule has 0 fully saturated rings. The van der Waals surface area contributed by atoms with Crippen molar-refractivity contribution in [3.8, 4) is 11.6 Å². The van der Waals surface area contributed by atoms with Crippen LogP contribution in [0, 0.1) is 0 Å². The van der Waals surface area contributed by atoms with Crippen LogP contribution in [0.5, 0.6) is 11.6 Å². The highest BCUT2D eigenvalue weighted by Gasteiger charge is 2.50. The van der Waals surface area contributed by atoms with Crippen LogP contribution in [0.3, 0.4) is 0 Å². The average molecular weight is 447 g/mol. The fraction of sp³-hybridized carbons (Fsp3) is 0.238. The highest BCUT2D eigenvalue weighted by molar-refractivity contribution is 7.80. The van der Waals surface area contributed by atoms with Gasteiger partial charge in [-0.25, -0.2) is 4.98 Å². The van der Waals surface area contributed by atoms with Crippen LogP contribution in [-0.4, -0.2) is 23.8 Å². The van der Waals surface area contributed by atoms with Crippen molar-refractivity contribution < 1.29 is 27.1 Å². The first-order chi connectivity index (χ1) is 14.8. The molecule has 10 heteroatoms. The second-order valence-electron chi connectivity index (χ2n) is 7.19. The Balaban J connectivity index is 1.57. The number of nitrogens with zero attached hydrogens (tertiary/aromatic N) is 2. The van der Waals surface area contributed by atoms with E-state index < -0.39 is 17.5 Å². The molecule has 0 bridgehead atoms. The zero-order chi connectivity index (χ0) is 21.8. The van der Waals surface area contributed by atoms with E-state index in [1.165, 1.54) is 13.2 Å². The van der Waals surface area contributed by atoms with Crippen molar-refractivity contribution in [3.05, 3.63) is 71.3 Å². The zero-order valence-corrected chi connectivity index (χ0v) is 17.0. The normalized spacial score (nSPS) is 19.6. The molecule has 31 heavy (non-hydrogen) atoms. The van der Waals surface area contributed by atoms with Crippen molar-refractivity contribution in [2.75, 3.05) is 18.6 Å². The number of hydrogen-bond donors (Lipinski definition) is 1. The van der Waals surface area contributed by atoms with Crippen molar-refractivity contribution in [3.63, 3.8) is 0 Å². The van der Waals surface area contributed by atoms with Crippen molar-refractivity contribution in [1.82, 2.24) is 10.3 Å². The maximum Gasteiger partial charge on any atom is 0.449 e. The van der Waals surface area contributed by atoms with E-state index in [-0.39, 0.29) is 18.9 Å². The third kappa shape index (κ3) is 3.09. The molecule has 0 saturated heterocycles. The van der Waals surface area contributed by atoms with Gasteiger partial charge >= 0.3 is 6.18 Å². The van der Waals surface area contributed by atoms with Crippen LogP contribution >= 0.6 is 12.2 Å². The molecule has 1 unspecified atom stereocenters. The summed E-state index contributed by atoms with van der Waals surface area (Å²) in [6.07, 6.45) is -4.55. The molecular weight excluding hydrogens is 431 g/mol. The molecule has 1 aromatic carbocycles. The Labute approximate surface area is 180 Å². The van der Waals surface area contributed by atoms with Gasteiger partial charge in [0.25, 0.3) is 0 Å². The summed E-state index contributed by atoms with van der Waals surface area (Å²) in [7, 11) is 1.53. The van der Waals surface area contributed by atoms with Gasteiger partial charge in [0, 0.05) is 17.3 Å². The van der Waals surface area contributed by atoms with Crippen molar-refractivity contribution in [2.45, 2.75) is 18.3 Å². The number of furan rings is 1. The molecule has 160 valence electrons. The molecule has 2 aliphatic heterocycles. The number of rotatable bonds is 3. The molecule has 0 saturated carbocycles. The van der Waals surface area contributed by atoms with E-state index in [1.807, 2.05) is 24.3 Å². The van der Waals surface area contributed by atoms with E-state index in [2.05, 4.69) is 10.3 Å². The van der Waals surface area contributed by atoms with Crippen molar-refractivity contribution in [2.24, 2.45) is 0 Å². The molecule has 2 aromatic heterocycles. The number of anilines is 1. The molecule has 0 radical (unpaired) electrons. The topological polar surface area (TPSA) is 59.8 Å². The summed E-state index contributed by atoms with van der Waals surface area (Å²) in [6.45, 7) is 0.292. The molecule has 0 aliphatic carbocycles.